The second kappa shape index (κ2) is 6.23. The number of hydrogen-bond donors (Lipinski definition) is 1. The lowest BCUT2D eigenvalue weighted by Crippen LogP contribution is -2.01. The van der Waals surface area contributed by atoms with Crippen molar-refractivity contribution in [2.45, 2.75) is 19.8 Å². The number of nitrogens with two attached hydrogens (primary N) is 1. The van der Waals surface area contributed by atoms with Gasteiger partial charge in [-0.3, -0.25) is 0 Å². The Morgan fingerprint density at radius 3 is 2.79 bits per heavy atom. The van der Waals surface area contributed by atoms with Gasteiger partial charge in [-0.25, -0.2) is 4.39 Å². The zero-order valence-electron chi connectivity index (χ0n) is 11.0. The van der Waals surface area contributed by atoms with Crippen molar-refractivity contribution in [2.24, 2.45) is 0 Å². The number of nitrogen functional groups attached to an aromatic ring is 1. The molecule has 2 aromatic rings. The Bertz CT molecular complexity index is 554. The number of rotatable bonds is 5. The highest BCUT2D eigenvalue weighted by molar-refractivity contribution is 5.40. The van der Waals surface area contributed by atoms with Crippen molar-refractivity contribution >= 4 is 5.69 Å². The Balaban J connectivity index is 1.82. The third kappa shape index (κ3) is 3.98. The molecule has 19 heavy (non-hydrogen) atoms. The molecule has 0 aliphatic rings. The molecule has 0 aromatic heterocycles. The third-order valence-electron chi connectivity index (χ3n) is 2.91. The van der Waals surface area contributed by atoms with E-state index in [2.05, 4.69) is 0 Å². The zero-order chi connectivity index (χ0) is 13.7. The minimum Gasteiger partial charge on any atom is -0.490 e. The predicted molar refractivity (Wildman–Crippen MR) is 75.8 cm³/mol. The van der Waals surface area contributed by atoms with Crippen LogP contribution in [0.15, 0.2) is 42.5 Å². The predicted octanol–water partition coefficient (Wildman–Crippen LogP) is 3.73. The van der Waals surface area contributed by atoms with E-state index in [-0.39, 0.29) is 5.82 Å². The van der Waals surface area contributed by atoms with E-state index in [1.807, 2.05) is 31.2 Å². The molecule has 0 bridgehead atoms. The standard InChI is InChI=1S/C16H18FNO/c1-12-7-8-15(17)16(10-12)19-9-3-5-13-4-2-6-14(18)11-13/h2,4,6-8,10-11H,3,5,9,18H2,1H3. The highest BCUT2D eigenvalue weighted by Gasteiger charge is 2.03. The van der Waals surface area contributed by atoms with Gasteiger partial charge in [0.05, 0.1) is 6.61 Å². The molecule has 2 N–H and O–H groups in total. The summed E-state index contributed by atoms with van der Waals surface area (Å²) in [6, 6.07) is 12.7. The monoisotopic (exact) mass is 259 g/mol. The van der Waals surface area contributed by atoms with Crippen LogP contribution in [0.4, 0.5) is 10.1 Å². The average molecular weight is 259 g/mol. The molecule has 2 rings (SSSR count). The molecule has 0 aliphatic carbocycles. The summed E-state index contributed by atoms with van der Waals surface area (Å²) in [6.07, 6.45) is 1.70. The number of hydrogen-bond acceptors (Lipinski definition) is 2. The van der Waals surface area contributed by atoms with Crippen LogP contribution in [0.5, 0.6) is 5.75 Å². The van der Waals surface area contributed by atoms with Gasteiger partial charge in [0.25, 0.3) is 0 Å². The summed E-state index contributed by atoms with van der Waals surface area (Å²) in [4.78, 5) is 0. The van der Waals surface area contributed by atoms with E-state index in [9.17, 15) is 4.39 Å². The molecular weight excluding hydrogens is 241 g/mol. The number of anilines is 1. The summed E-state index contributed by atoms with van der Waals surface area (Å²) >= 11 is 0. The molecule has 0 fully saturated rings. The molecule has 0 radical (unpaired) electrons. The van der Waals surface area contributed by atoms with Crippen LogP contribution in [-0.4, -0.2) is 6.61 Å². The van der Waals surface area contributed by atoms with Gasteiger partial charge in [0.15, 0.2) is 11.6 Å². The Labute approximate surface area is 113 Å². The van der Waals surface area contributed by atoms with E-state index in [1.165, 1.54) is 11.6 Å². The molecule has 0 atom stereocenters. The number of aryl methyl sites for hydroxylation is 2. The van der Waals surface area contributed by atoms with E-state index in [0.29, 0.717) is 12.4 Å². The number of ether oxygens (including phenoxy) is 1. The maximum Gasteiger partial charge on any atom is 0.165 e. The molecule has 100 valence electrons. The summed E-state index contributed by atoms with van der Waals surface area (Å²) < 4.78 is 18.9. The van der Waals surface area contributed by atoms with Crippen molar-refractivity contribution in [3.8, 4) is 5.75 Å². The second-order valence-corrected chi connectivity index (χ2v) is 4.63. The molecule has 0 spiro atoms. The van der Waals surface area contributed by atoms with Crippen molar-refractivity contribution in [1.82, 2.24) is 0 Å². The lowest BCUT2D eigenvalue weighted by molar-refractivity contribution is 0.295. The van der Waals surface area contributed by atoms with Crippen LogP contribution < -0.4 is 10.5 Å². The SMILES string of the molecule is Cc1ccc(F)c(OCCCc2cccc(N)c2)c1. The summed E-state index contributed by atoms with van der Waals surface area (Å²) in [5.41, 5.74) is 8.64. The molecule has 0 unspecified atom stereocenters. The van der Waals surface area contributed by atoms with Gasteiger partial charge in [0, 0.05) is 5.69 Å². The van der Waals surface area contributed by atoms with Gasteiger partial charge in [-0.05, 0) is 55.2 Å². The van der Waals surface area contributed by atoms with Crippen molar-refractivity contribution in [2.75, 3.05) is 12.3 Å². The van der Waals surface area contributed by atoms with Gasteiger partial charge in [-0.15, -0.1) is 0 Å². The highest BCUT2D eigenvalue weighted by atomic mass is 19.1. The molecule has 2 nitrogen and oxygen atoms in total. The topological polar surface area (TPSA) is 35.2 Å². The fourth-order valence-corrected chi connectivity index (χ4v) is 1.93. The Hall–Kier alpha value is -2.03. The molecule has 0 aliphatic heterocycles. The molecule has 0 saturated heterocycles. The summed E-state index contributed by atoms with van der Waals surface area (Å²) in [5, 5.41) is 0. The first kappa shape index (κ1) is 13.4. The van der Waals surface area contributed by atoms with Gasteiger partial charge >= 0.3 is 0 Å². The zero-order valence-corrected chi connectivity index (χ0v) is 11.0. The Kier molecular flexibility index (Phi) is 4.39. The summed E-state index contributed by atoms with van der Waals surface area (Å²) in [7, 11) is 0. The van der Waals surface area contributed by atoms with Crippen LogP contribution in [0, 0.1) is 12.7 Å². The molecule has 0 amide bonds. The first-order valence-corrected chi connectivity index (χ1v) is 6.38. The maximum absolute atomic E-state index is 13.4. The van der Waals surface area contributed by atoms with Crippen molar-refractivity contribution in [3.63, 3.8) is 0 Å². The second-order valence-electron chi connectivity index (χ2n) is 4.63. The van der Waals surface area contributed by atoms with Crippen LogP contribution >= 0.6 is 0 Å². The van der Waals surface area contributed by atoms with Crippen LogP contribution in [0.3, 0.4) is 0 Å². The van der Waals surface area contributed by atoms with E-state index in [4.69, 9.17) is 10.5 Å². The molecular formula is C16H18FNO. The smallest absolute Gasteiger partial charge is 0.165 e. The van der Waals surface area contributed by atoms with E-state index in [1.54, 1.807) is 12.1 Å². The van der Waals surface area contributed by atoms with Crippen LogP contribution in [-0.2, 0) is 6.42 Å². The minimum atomic E-state index is -0.311. The normalized spacial score (nSPS) is 10.4. The molecule has 0 saturated carbocycles. The Morgan fingerprint density at radius 2 is 2.00 bits per heavy atom. The summed E-state index contributed by atoms with van der Waals surface area (Å²) in [5.74, 6) is 0.0159. The van der Waals surface area contributed by atoms with Gasteiger partial charge in [-0.1, -0.05) is 18.2 Å². The van der Waals surface area contributed by atoms with E-state index >= 15 is 0 Å². The van der Waals surface area contributed by atoms with Crippen LogP contribution in [0.1, 0.15) is 17.5 Å². The lowest BCUT2D eigenvalue weighted by atomic mass is 10.1. The quantitative estimate of drug-likeness (QED) is 0.656. The molecule has 0 heterocycles. The fraction of sp³-hybridized carbons (Fsp3) is 0.250. The third-order valence-corrected chi connectivity index (χ3v) is 2.91. The van der Waals surface area contributed by atoms with E-state index < -0.39 is 0 Å². The van der Waals surface area contributed by atoms with Gasteiger partial charge in [-0.2, -0.15) is 0 Å². The first-order valence-electron chi connectivity index (χ1n) is 6.38. The highest BCUT2D eigenvalue weighted by Crippen LogP contribution is 2.18. The van der Waals surface area contributed by atoms with Gasteiger partial charge < -0.3 is 10.5 Å². The van der Waals surface area contributed by atoms with Crippen LogP contribution in [0.25, 0.3) is 0 Å². The van der Waals surface area contributed by atoms with Crippen molar-refractivity contribution < 1.29 is 9.13 Å². The fourth-order valence-electron chi connectivity index (χ4n) is 1.93. The van der Waals surface area contributed by atoms with Crippen molar-refractivity contribution in [1.29, 1.82) is 0 Å². The largest absolute Gasteiger partial charge is 0.490 e. The van der Waals surface area contributed by atoms with Crippen LogP contribution in [0.2, 0.25) is 0 Å². The molecule has 2 aromatic carbocycles. The minimum absolute atomic E-state index is 0.311. The summed E-state index contributed by atoms with van der Waals surface area (Å²) in [6.45, 7) is 2.41. The average Bonchev–Trinajstić information content (AvgIpc) is 2.39. The van der Waals surface area contributed by atoms with Crippen molar-refractivity contribution in [3.05, 3.63) is 59.4 Å². The van der Waals surface area contributed by atoms with E-state index in [0.717, 1.165) is 24.1 Å². The van der Waals surface area contributed by atoms with Gasteiger partial charge in [0.1, 0.15) is 0 Å². The molecule has 3 heteroatoms. The van der Waals surface area contributed by atoms with Gasteiger partial charge in [0.2, 0.25) is 0 Å². The first-order chi connectivity index (χ1) is 9.15. The number of halogens is 1. The number of benzene rings is 2. The lowest BCUT2D eigenvalue weighted by Gasteiger charge is -2.08. The Morgan fingerprint density at radius 1 is 1.16 bits per heavy atom. The maximum atomic E-state index is 13.4.